The number of benzene rings is 2. The molecule has 0 radical (unpaired) electrons. The van der Waals surface area contributed by atoms with E-state index >= 15 is 0 Å². The smallest absolute Gasteiger partial charge is 0.253 e. The summed E-state index contributed by atoms with van der Waals surface area (Å²) in [6.45, 7) is 15.0. The molecule has 0 unspecified atom stereocenters. The lowest BCUT2D eigenvalue weighted by atomic mass is 9.94. The summed E-state index contributed by atoms with van der Waals surface area (Å²) >= 11 is 0. The molecular formula is C33H44N4O4. The van der Waals surface area contributed by atoms with Crippen LogP contribution in [0, 0.1) is 27.7 Å². The second kappa shape index (κ2) is 13.4. The summed E-state index contributed by atoms with van der Waals surface area (Å²) in [5.74, 6) is -0.202. The normalized spacial score (nSPS) is 13.7. The number of H-pyrrole nitrogens is 1. The van der Waals surface area contributed by atoms with Gasteiger partial charge in [0.1, 0.15) is 0 Å². The fourth-order valence-corrected chi connectivity index (χ4v) is 5.78. The zero-order chi connectivity index (χ0) is 29.7. The van der Waals surface area contributed by atoms with Crippen molar-refractivity contribution in [1.29, 1.82) is 0 Å². The number of ether oxygens (including phenoxy) is 1. The van der Waals surface area contributed by atoms with Crippen molar-refractivity contribution in [1.82, 2.24) is 10.3 Å². The highest BCUT2D eigenvalue weighted by Gasteiger charge is 2.25. The number of anilines is 2. The number of rotatable bonds is 10. The molecule has 1 saturated heterocycles. The summed E-state index contributed by atoms with van der Waals surface area (Å²) in [6.07, 6.45) is 1.89. The van der Waals surface area contributed by atoms with Gasteiger partial charge in [-0.3, -0.25) is 19.5 Å². The Morgan fingerprint density at radius 2 is 1.71 bits per heavy atom. The molecule has 8 heteroatoms. The lowest BCUT2D eigenvalue weighted by Crippen LogP contribution is -2.40. The van der Waals surface area contributed by atoms with Gasteiger partial charge in [-0.2, -0.15) is 0 Å². The van der Waals surface area contributed by atoms with E-state index < -0.39 is 0 Å². The van der Waals surface area contributed by atoms with Crippen LogP contribution in [0.3, 0.4) is 0 Å². The molecule has 0 bridgehead atoms. The van der Waals surface area contributed by atoms with Crippen LogP contribution in [-0.2, 0) is 16.1 Å². The first-order chi connectivity index (χ1) is 19.6. The molecule has 1 aliphatic rings. The molecule has 2 aromatic carbocycles. The average molecular weight is 561 g/mol. The maximum atomic E-state index is 13.8. The van der Waals surface area contributed by atoms with Crippen molar-refractivity contribution < 1.29 is 14.4 Å². The molecule has 2 heterocycles. The van der Waals surface area contributed by atoms with E-state index in [1.165, 1.54) is 0 Å². The number of hydrogen-bond donors (Lipinski definition) is 2. The van der Waals surface area contributed by atoms with Crippen LogP contribution >= 0.6 is 0 Å². The summed E-state index contributed by atoms with van der Waals surface area (Å²) < 4.78 is 5.65. The van der Waals surface area contributed by atoms with Crippen molar-refractivity contribution >= 4 is 17.3 Å². The number of carbonyl (C=O) groups excluding carboxylic acids is 1. The van der Waals surface area contributed by atoms with Gasteiger partial charge in [-0.1, -0.05) is 12.1 Å². The highest BCUT2D eigenvalue weighted by atomic mass is 16.7. The van der Waals surface area contributed by atoms with Crippen molar-refractivity contribution in [2.75, 3.05) is 43.4 Å². The molecule has 3 aromatic rings. The Labute approximate surface area is 243 Å². The minimum absolute atomic E-state index is 0.157. The zero-order valence-electron chi connectivity index (χ0n) is 25.5. The number of pyridine rings is 1. The lowest BCUT2D eigenvalue weighted by Gasteiger charge is -2.37. The van der Waals surface area contributed by atoms with Gasteiger partial charge in [0.25, 0.3) is 11.5 Å². The molecule has 1 aliphatic heterocycles. The second-order valence-electron chi connectivity index (χ2n) is 10.8. The molecule has 0 atom stereocenters. The summed E-state index contributed by atoms with van der Waals surface area (Å²) in [4.78, 5) is 37.4. The topological polar surface area (TPSA) is 86.9 Å². The Morgan fingerprint density at radius 3 is 2.37 bits per heavy atom. The Balaban J connectivity index is 1.78. The van der Waals surface area contributed by atoms with Crippen LogP contribution in [-0.4, -0.2) is 50.3 Å². The second-order valence-corrected chi connectivity index (χ2v) is 10.8. The van der Waals surface area contributed by atoms with E-state index in [4.69, 9.17) is 9.57 Å². The van der Waals surface area contributed by atoms with Gasteiger partial charge < -0.3 is 19.9 Å². The first-order valence-corrected chi connectivity index (χ1v) is 14.6. The van der Waals surface area contributed by atoms with E-state index in [2.05, 4.69) is 53.3 Å². The molecular weight excluding hydrogens is 516 g/mol. The minimum atomic E-state index is -0.202. The first kappa shape index (κ1) is 30.3. The number of amides is 1. The van der Waals surface area contributed by atoms with E-state index in [1.54, 1.807) is 5.06 Å². The standard InChI is InChI=1S/C33H44N4O4/c1-8-37(27-12-14-40-15-13-27)31-19-26(25-11-10-21(3)30(18-25)36(7)41-9-2)17-28(24(31)6)32(38)34-20-29-22(4)16-23(5)35-33(29)39/h10-11,16-19,27H,8-9,12-15,20H2,1-7H3,(H,34,38)(H,35,39). The molecule has 220 valence electrons. The van der Waals surface area contributed by atoms with E-state index in [0.717, 1.165) is 77.5 Å². The van der Waals surface area contributed by atoms with Gasteiger partial charge in [0, 0.05) is 61.9 Å². The summed E-state index contributed by atoms with van der Waals surface area (Å²) in [7, 11) is 1.91. The Morgan fingerprint density at radius 1 is 1.00 bits per heavy atom. The summed E-state index contributed by atoms with van der Waals surface area (Å²) in [5, 5.41) is 4.82. The number of aromatic nitrogens is 1. The average Bonchev–Trinajstić information content (AvgIpc) is 2.94. The molecule has 1 amide bonds. The van der Waals surface area contributed by atoms with Crippen LogP contribution in [0.1, 0.15) is 65.0 Å². The van der Waals surface area contributed by atoms with Gasteiger partial charge in [-0.15, -0.1) is 0 Å². The Hall–Kier alpha value is -3.62. The van der Waals surface area contributed by atoms with Crippen LogP contribution < -0.4 is 20.8 Å². The highest BCUT2D eigenvalue weighted by molar-refractivity contribution is 5.99. The largest absolute Gasteiger partial charge is 0.381 e. The van der Waals surface area contributed by atoms with Gasteiger partial charge in [-0.25, -0.2) is 0 Å². The monoisotopic (exact) mass is 560 g/mol. The van der Waals surface area contributed by atoms with Gasteiger partial charge in [0.05, 0.1) is 12.3 Å². The van der Waals surface area contributed by atoms with Crippen LogP contribution in [0.15, 0.2) is 41.2 Å². The molecule has 1 fully saturated rings. The third-order valence-electron chi connectivity index (χ3n) is 8.03. The number of hydroxylamine groups is 1. The van der Waals surface area contributed by atoms with Crippen molar-refractivity contribution in [2.24, 2.45) is 0 Å². The summed E-state index contributed by atoms with van der Waals surface area (Å²) in [6, 6.07) is 12.7. The molecule has 2 N–H and O–H groups in total. The predicted molar refractivity (Wildman–Crippen MR) is 166 cm³/mol. The number of aromatic amines is 1. The first-order valence-electron chi connectivity index (χ1n) is 14.6. The molecule has 0 aliphatic carbocycles. The van der Waals surface area contributed by atoms with Crippen LogP contribution in [0.4, 0.5) is 11.4 Å². The van der Waals surface area contributed by atoms with E-state index in [-0.39, 0.29) is 18.0 Å². The fourth-order valence-electron chi connectivity index (χ4n) is 5.78. The maximum absolute atomic E-state index is 13.8. The molecule has 4 rings (SSSR count). The Bertz CT molecular complexity index is 1440. The van der Waals surface area contributed by atoms with Crippen molar-refractivity contribution in [3.63, 3.8) is 0 Å². The summed E-state index contributed by atoms with van der Waals surface area (Å²) in [5.41, 5.74) is 8.67. The van der Waals surface area contributed by atoms with Crippen LogP contribution in [0.5, 0.6) is 0 Å². The lowest BCUT2D eigenvalue weighted by molar-refractivity contribution is 0.0846. The number of nitrogens with zero attached hydrogens (tertiary/aromatic N) is 2. The van der Waals surface area contributed by atoms with Crippen molar-refractivity contribution in [2.45, 2.75) is 67.0 Å². The predicted octanol–water partition coefficient (Wildman–Crippen LogP) is 5.60. The quantitative estimate of drug-likeness (QED) is 0.314. The van der Waals surface area contributed by atoms with Crippen molar-refractivity contribution in [3.05, 3.63) is 80.3 Å². The highest BCUT2D eigenvalue weighted by Crippen LogP contribution is 2.35. The van der Waals surface area contributed by atoms with E-state index in [9.17, 15) is 9.59 Å². The third-order valence-corrected chi connectivity index (χ3v) is 8.03. The fraction of sp³-hybridized carbons (Fsp3) is 0.455. The number of aryl methyl sites for hydroxylation is 3. The van der Waals surface area contributed by atoms with Gasteiger partial charge >= 0.3 is 0 Å². The molecule has 41 heavy (non-hydrogen) atoms. The minimum Gasteiger partial charge on any atom is -0.381 e. The van der Waals surface area contributed by atoms with Crippen molar-refractivity contribution in [3.8, 4) is 11.1 Å². The van der Waals surface area contributed by atoms with Gasteiger partial charge in [0.15, 0.2) is 0 Å². The zero-order valence-corrected chi connectivity index (χ0v) is 25.5. The number of hydrogen-bond acceptors (Lipinski definition) is 6. The Kier molecular flexibility index (Phi) is 9.89. The molecule has 0 saturated carbocycles. The maximum Gasteiger partial charge on any atom is 0.253 e. The third kappa shape index (κ3) is 6.82. The van der Waals surface area contributed by atoms with E-state index in [0.29, 0.717) is 23.8 Å². The SMILES string of the molecule is CCON(C)c1cc(-c2cc(C(=O)NCc3c(C)cc(C)[nH]c3=O)c(C)c(N(CC)C3CCOCC3)c2)ccc1C. The molecule has 8 nitrogen and oxygen atoms in total. The van der Waals surface area contributed by atoms with Crippen LogP contribution in [0.25, 0.3) is 11.1 Å². The van der Waals surface area contributed by atoms with Gasteiger partial charge in [0.2, 0.25) is 0 Å². The molecule has 1 aromatic heterocycles. The number of nitrogens with one attached hydrogen (secondary N) is 2. The van der Waals surface area contributed by atoms with E-state index in [1.807, 2.05) is 46.9 Å². The number of carbonyl (C=O) groups is 1. The van der Waals surface area contributed by atoms with Gasteiger partial charge in [-0.05, 0) is 106 Å². The molecule has 0 spiro atoms. The van der Waals surface area contributed by atoms with Crippen LogP contribution in [0.2, 0.25) is 0 Å².